The molecule has 2 saturated heterocycles. The summed E-state index contributed by atoms with van der Waals surface area (Å²) in [6.45, 7) is 0.296. The Morgan fingerprint density at radius 1 is 1.20 bits per heavy atom. The molecule has 2 aliphatic heterocycles. The Hall–Kier alpha value is -3.81. The van der Waals surface area contributed by atoms with Crippen molar-refractivity contribution in [1.82, 2.24) is 24.5 Å². The Labute approximate surface area is 202 Å². The van der Waals surface area contributed by atoms with Crippen molar-refractivity contribution in [3.05, 3.63) is 34.6 Å². The molecule has 0 saturated carbocycles. The van der Waals surface area contributed by atoms with E-state index >= 15 is 0 Å². The Kier molecular flexibility index (Phi) is 5.54. The average Bonchev–Trinajstić information content (AvgIpc) is 3.52. The fourth-order valence-electron chi connectivity index (χ4n) is 4.57. The highest BCUT2D eigenvalue weighted by Gasteiger charge is 2.42. The Bertz CT molecular complexity index is 1390. The van der Waals surface area contributed by atoms with Crippen LogP contribution in [0.1, 0.15) is 17.7 Å². The highest BCUT2D eigenvalue weighted by molar-refractivity contribution is 6.36. The number of likely N-dealkylation sites (tertiary alicyclic amines) is 1. The van der Waals surface area contributed by atoms with Crippen LogP contribution in [-0.4, -0.2) is 69.4 Å². The molecule has 2 aliphatic rings. The van der Waals surface area contributed by atoms with Crippen LogP contribution in [0.25, 0.3) is 5.65 Å². The van der Waals surface area contributed by atoms with E-state index in [1.165, 1.54) is 12.3 Å². The summed E-state index contributed by atoms with van der Waals surface area (Å²) in [7, 11) is 2.08. The predicted octanol–water partition coefficient (Wildman–Crippen LogP) is 3.13. The Morgan fingerprint density at radius 3 is 2.63 bits per heavy atom. The number of imidazole rings is 1. The van der Waals surface area contributed by atoms with Gasteiger partial charge in [0.1, 0.15) is 12.6 Å². The molecule has 14 heteroatoms. The van der Waals surface area contributed by atoms with Crippen molar-refractivity contribution in [3.8, 4) is 12.1 Å². The van der Waals surface area contributed by atoms with Crippen molar-refractivity contribution in [3.63, 3.8) is 0 Å². The summed E-state index contributed by atoms with van der Waals surface area (Å²) < 4.78 is 39.5. The van der Waals surface area contributed by atoms with Gasteiger partial charge in [0.05, 0.1) is 34.2 Å². The lowest BCUT2D eigenvalue weighted by Gasteiger charge is -2.34. The minimum atomic E-state index is -4.50. The Morgan fingerprint density at radius 2 is 2.00 bits per heavy atom. The molecule has 0 spiro atoms. The highest BCUT2D eigenvalue weighted by Crippen LogP contribution is 2.41. The number of likely N-dealkylation sites (N-methyl/N-ethyl adjacent to an activating group) is 1. The summed E-state index contributed by atoms with van der Waals surface area (Å²) in [6.07, 6.45) is -2.31. The number of piperazine rings is 1. The van der Waals surface area contributed by atoms with Gasteiger partial charge in [-0.15, -0.1) is 5.10 Å². The molecular formula is C21H18ClF3N10. The molecule has 5 rings (SSSR count). The van der Waals surface area contributed by atoms with Crippen LogP contribution in [0.5, 0.6) is 0 Å². The zero-order valence-electron chi connectivity index (χ0n) is 18.3. The van der Waals surface area contributed by atoms with Gasteiger partial charge >= 0.3 is 6.18 Å². The van der Waals surface area contributed by atoms with Crippen molar-refractivity contribution in [2.45, 2.75) is 24.7 Å². The lowest BCUT2D eigenvalue weighted by atomic mass is 10.1. The molecule has 4 heterocycles. The SMILES string of the molecule is CN1C[C@H]2C[C@@H]1CN2c1cc(C#N)cc(Nc2nc(NCC(F)(F)F)c3ncc(C#N)n3n2)c1Cl. The third-order valence-corrected chi connectivity index (χ3v) is 6.58. The van der Waals surface area contributed by atoms with E-state index in [9.17, 15) is 23.7 Å². The molecule has 180 valence electrons. The summed E-state index contributed by atoms with van der Waals surface area (Å²) in [5.41, 5.74) is 1.32. The summed E-state index contributed by atoms with van der Waals surface area (Å²) >= 11 is 6.74. The maximum absolute atomic E-state index is 12.8. The minimum Gasteiger partial charge on any atom is -0.364 e. The normalized spacial score (nSPS) is 19.7. The number of benzene rings is 1. The number of rotatable bonds is 5. The second-order valence-electron chi connectivity index (χ2n) is 8.47. The van der Waals surface area contributed by atoms with E-state index in [4.69, 9.17) is 11.6 Å². The maximum Gasteiger partial charge on any atom is 0.405 e. The van der Waals surface area contributed by atoms with Gasteiger partial charge in [-0.1, -0.05) is 11.6 Å². The van der Waals surface area contributed by atoms with Crippen LogP contribution in [0, 0.1) is 22.7 Å². The monoisotopic (exact) mass is 502 g/mol. The van der Waals surface area contributed by atoms with E-state index in [0.717, 1.165) is 24.0 Å². The smallest absolute Gasteiger partial charge is 0.364 e. The number of nitrogens with zero attached hydrogens (tertiary/aromatic N) is 8. The van der Waals surface area contributed by atoms with Gasteiger partial charge in [-0.3, -0.25) is 4.90 Å². The molecule has 3 aromatic rings. The molecular weight excluding hydrogens is 485 g/mol. The standard InChI is InChI=1S/C21H18ClF3N10/c1-33-8-13-4-12(33)9-34(13)16-3-11(5-26)2-15(17(16)22)30-20-31-18(29-10-21(23,24)25)19-28-7-14(6-27)35(19)32-20/h2-3,7,12-13H,4,8-10H2,1H3,(H2,29,30,31,32)/t12-,13-/m1/s1. The highest BCUT2D eigenvalue weighted by atomic mass is 35.5. The van der Waals surface area contributed by atoms with E-state index in [1.54, 1.807) is 6.07 Å². The summed E-state index contributed by atoms with van der Waals surface area (Å²) in [5, 5.41) is 28.6. The largest absolute Gasteiger partial charge is 0.405 e. The van der Waals surface area contributed by atoms with E-state index < -0.39 is 12.7 Å². The minimum absolute atomic E-state index is 0.00952. The molecule has 2 N–H and O–H groups in total. The second-order valence-corrected chi connectivity index (χ2v) is 8.85. The molecule has 10 nitrogen and oxygen atoms in total. The zero-order chi connectivity index (χ0) is 24.9. The van der Waals surface area contributed by atoms with Gasteiger partial charge in [0.2, 0.25) is 5.95 Å². The van der Waals surface area contributed by atoms with Gasteiger partial charge in [-0.05, 0) is 25.6 Å². The fraction of sp³-hybridized carbons (Fsp3) is 0.381. The van der Waals surface area contributed by atoms with E-state index in [-0.39, 0.29) is 29.1 Å². The molecule has 2 fully saturated rings. The maximum atomic E-state index is 12.8. The lowest BCUT2D eigenvalue weighted by molar-refractivity contribution is -0.115. The fourth-order valence-corrected chi connectivity index (χ4v) is 4.83. The molecule has 2 atom stereocenters. The topological polar surface area (TPSA) is 121 Å². The summed E-state index contributed by atoms with van der Waals surface area (Å²) in [5.74, 6) is -0.337. The van der Waals surface area contributed by atoms with E-state index in [2.05, 4.69) is 48.6 Å². The van der Waals surface area contributed by atoms with Crippen LogP contribution in [0.15, 0.2) is 18.3 Å². The third kappa shape index (κ3) is 4.24. The molecule has 35 heavy (non-hydrogen) atoms. The molecule has 2 aromatic heterocycles. The van der Waals surface area contributed by atoms with Crippen molar-refractivity contribution in [2.75, 3.05) is 42.2 Å². The van der Waals surface area contributed by atoms with Crippen LogP contribution in [0.4, 0.5) is 36.3 Å². The van der Waals surface area contributed by atoms with Gasteiger partial charge in [0.15, 0.2) is 17.2 Å². The molecule has 2 bridgehead atoms. The van der Waals surface area contributed by atoms with Crippen LogP contribution < -0.4 is 15.5 Å². The van der Waals surface area contributed by atoms with Gasteiger partial charge < -0.3 is 15.5 Å². The van der Waals surface area contributed by atoms with E-state index in [1.807, 2.05) is 6.07 Å². The number of alkyl halides is 3. The van der Waals surface area contributed by atoms with Crippen LogP contribution in [-0.2, 0) is 0 Å². The van der Waals surface area contributed by atoms with Crippen LogP contribution >= 0.6 is 11.6 Å². The number of nitriles is 2. The first kappa shape index (κ1) is 23.0. The average molecular weight is 503 g/mol. The number of hydrogen-bond donors (Lipinski definition) is 2. The van der Waals surface area contributed by atoms with Crippen molar-refractivity contribution in [2.24, 2.45) is 0 Å². The number of anilines is 4. The first-order valence-electron chi connectivity index (χ1n) is 10.6. The Balaban J connectivity index is 1.53. The molecule has 0 radical (unpaired) electrons. The first-order chi connectivity index (χ1) is 16.7. The van der Waals surface area contributed by atoms with Crippen LogP contribution in [0.3, 0.4) is 0 Å². The van der Waals surface area contributed by atoms with Crippen molar-refractivity contribution < 1.29 is 13.2 Å². The van der Waals surface area contributed by atoms with E-state index in [0.29, 0.717) is 28.0 Å². The summed E-state index contributed by atoms with van der Waals surface area (Å²) in [4.78, 5) is 12.5. The lowest BCUT2D eigenvalue weighted by Crippen LogP contribution is -2.44. The number of hydrogen-bond acceptors (Lipinski definition) is 9. The summed E-state index contributed by atoms with van der Waals surface area (Å²) in [6, 6.07) is 7.90. The van der Waals surface area contributed by atoms with Gasteiger partial charge in [0, 0.05) is 25.2 Å². The molecule has 0 aliphatic carbocycles. The second kappa shape index (κ2) is 8.45. The predicted molar refractivity (Wildman–Crippen MR) is 122 cm³/mol. The third-order valence-electron chi connectivity index (χ3n) is 6.19. The zero-order valence-corrected chi connectivity index (χ0v) is 19.1. The van der Waals surface area contributed by atoms with Crippen LogP contribution in [0.2, 0.25) is 5.02 Å². The van der Waals surface area contributed by atoms with Gasteiger partial charge in [0.25, 0.3) is 0 Å². The molecule has 0 amide bonds. The van der Waals surface area contributed by atoms with Crippen molar-refractivity contribution in [1.29, 1.82) is 10.5 Å². The van der Waals surface area contributed by atoms with Gasteiger partial charge in [-0.2, -0.15) is 33.2 Å². The van der Waals surface area contributed by atoms with Gasteiger partial charge in [-0.25, -0.2) is 4.98 Å². The number of fused-ring (bicyclic) bond motifs is 3. The quantitative estimate of drug-likeness (QED) is 0.542. The number of halogens is 4. The molecule has 1 aromatic carbocycles. The molecule has 0 unspecified atom stereocenters. The van der Waals surface area contributed by atoms with Crippen molar-refractivity contribution >= 4 is 40.4 Å². The number of nitrogens with one attached hydrogen (secondary N) is 2. The first-order valence-corrected chi connectivity index (χ1v) is 11.0. The number of aromatic nitrogens is 4.